The van der Waals surface area contributed by atoms with E-state index in [0.29, 0.717) is 27.3 Å². The first-order valence-corrected chi connectivity index (χ1v) is 11.6. The van der Waals surface area contributed by atoms with Crippen molar-refractivity contribution in [3.63, 3.8) is 0 Å². The van der Waals surface area contributed by atoms with Gasteiger partial charge in [-0.1, -0.05) is 55.5 Å². The molecule has 1 fully saturated rings. The lowest BCUT2D eigenvalue weighted by Crippen LogP contribution is -2.27. The molecule has 0 aliphatic carbocycles. The summed E-state index contributed by atoms with van der Waals surface area (Å²) in [6, 6.07) is 13.0. The molecule has 0 spiro atoms. The average molecular weight is 472 g/mol. The maximum absolute atomic E-state index is 13.1. The van der Waals surface area contributed by atoms with E-state index in [1.165, 1.54) is 17.3 Å². The standard InChI is InChI=1S/C24H25NO5S2/c1-3-5-6-16-7-10-18(11-8-16)25-23(28)21(32-24(25)31)14-17-9-12-19(30-15-22(26)27)20(13-17)29-4-2/h7-14H,3-6,15H2,1-2H3,(H,26,27)/b21-14+. The molecule has 1 heterocycles. The zero-order valence-corrected chi connectivity index (χ0v) is 19.6. The number of benzene rings is 2. The van der Waals surface area contributed by atoms with Crippen LogP contribution in [0.25, 0.3) is 6.08 Å². The van der Waals surface area contributed by atoms with Gasteiger partial charge in [0, 0.05) is 0 Å². The monoisotopic (exact) mass is 471 g/mol. The van der Waals surface area contributed by atoms with Crippen LogP contribution < -0.4 is 14.4 Å². The van der Waals surface area contributed by atoms with Gasteiger partial charge in [0.25, 0.3) is 5.91 Å². The maximum atomic E-state index is 13.1. The Morgan fingerprint density at radius 1 is 1.12 bits per heavy atom. The number of ether oxygens (including phenoxy) is 2. The van der Waals surface area contributed by atoms with Gasteiger partial charge in [0.15, 0.2) is 22.4 Å². The molecule has 168 valence electrons. The summed E-state index contributed by atoms with van der Waals surface area (Å²) in [7, 11) is 0. The Morgan fingerprint density at radius 2 is 1.88 bits per heavy atom. The van der Waals surface area contributed by atoms with Crippen LogP contribution in [0.3, 0.4) is 0 Å². The first-order valence-electron chi connectivity index (χ1n) is 10.4. The molecule has 2 aromatic rings. The number of anilines is 1. The molecule has 1 amide bonds. The number of nitrogens with zero attached hydrogens (tertiary/aromatic N) is 1. The van der Waals surface area contributed by atoms with Crippen molar-refractivity contribution in [1.82, 2.24) is 0 Å². The lowest BCUT2D eigenvalue weighted by Gasteiger charge is -2.15. The summed E-state index contributed by atoms with van der Waals surface area (Å²) >= 11 is 6.72. The number of hydrogen-bond acceptors (Lipinski definition) is 6. The number of carboxylic acid groups (broad SMARTS) is 1. The summed E-state index contributed by atoms with van der Waals surface area (Å²) in [6.45, 7) is 3.92. The van der Waals surface area contributed by atoms with Gasteiger partial charge in [-0.15, -0.1) is 0 Å². The second-order valence-corrected chi connectivity index (χ2v) is 8.78. The molecule has 3 rings (SSSR count). The third-order valence-electron chi connectivity index (χ3n) is 4.72. The van der Waals surface area contributed by atoms with Crippen molar-refractivity contribution in [2.45, 2.75) is 33.1 Å². The highest BCUT2D eigenvalue weighted by molar-refractivity contribution is 8.27. The van der Waals surface area contributed by atoms with E-state index in [1.807, 2.05) is 31.2 Å². The molecular formula is C24H25NO5S2. The zero-order chi connectivity index (χ0) is 23.1. The van der Waals surface area contributed by atoms with Crippen LogP contribution in [0, 0.1) is 0 Å². The highest BCUT2D eigenvalue weighted by Crippen LogP contribution is 2.37. The fourth-order valence-corrected chi connectivity index (χ4v) is 4.47. The number of thioether (sulfide) groups is 1. The van der Waals surface area contributed by atoms with Crippen molar-refractivity contribution in [3.05, 3.63) is 58.5 Å². The van der Waals surface area contributed by atoms with Crippen LogP contribution in [0.5, 0.6) is 11.5 Å². The Balaban J connectivity index is 1.80. The second-order valence-electron chi connectivity index (χ2n) is 7.11. The van der Waals surface area contributed by atoms with Crippen LogP contribution in [0.4, 0.5) is 5.69 Å². The lowest BCUT2D eigenvalue weighted by molar-refractivity contribution is -0.139. The fourth-order valence-electron chi connectivity index (χ4n) is 3.18. The normalized spacial score (nSPS) is 14.8. The number of thiocarbonyl (C=S) groups is 1. The number of carbonyl (C=O) groups excluding carboxylic acids is 1. The molecule has 6 nitrogen and oxygen atoms in total. The summed E-state index contributed by atoms with van der Waals surface area (Å²) < 4.78 is 11.3. The highest BCUT2D eigenvalue weighted by atomic mass is 32.2. The Kier molecular flexibility index (Phi) is 8.30. The Morgan fingerprint density at radius 3 is 2.53 bits per heavy atom. The smallest absolute Gasteiger partial charge is 0.341 e. The Bertz CT molecular complexity index is 1030. The van der Waals surface area contributed by atoms with Crippen LogP contribution in [0.1, 0.15) is 37.8 Å². The Hall–Kier alpha value is -2.84. The van der Waals surface area contributed by atoms with Gasteiger partial charge < -0.3 is 14.6 Å². The number of aryl methyl sites for hydroxylation is 1. The third-order valence-corrected chi connectivity index (χ3v) is 6.03. The van der Waals surface area contributed by atoms with Gasteiger partial charge >= 0.3 is 5.97 Å². The molecule has 0 unspecified atom stereocenters. The van der Waals surface area contributed by atoms with Crippen LogP contribution in [-0.2, 0) is 16.0 Å². The van der Waals surface area contributed by atoms with Crippen molar-refractivity contribution in [1.29, 1.82) is 0 Å². The summed E-state index contributed by atoms with van der Waals surface area (Å²) in [6.07, 6.45) is 5.04. The second kappa shape index (κ2) is 11.2. The van der Waals surface area contributed by atoms with E-state index in [1.54, 1.807) is 29.2 Å². The van der Waals surface area contributed by atoms with Crippen LogP contribution in [0.15, 0.2) is 47.4 Å². The van der Waals surface area contributed by atoms with Crippen LogP contribution >= 0.6 is 24.0 Å². The molecular weight excluding hydrogens is 446 g/mol. The van der Waals surface area contributed by atoms with E-state index >= 15 is 0 Å². The summed E-state index contributed by atoms with van der Waals surface area (Å²) in [4.78, 5) is 25.9. The van der Waals surface area contributed by atoms with Gasteiger partial charge in [-0.05, 0) is 61.2 Å². The maximum Gasteiger partial charge on any atom is 0.341 e. The first kappa shape index (κ1) is 23.8. The van der Waals surface area contributed by atoms with Crippen molar-refractivity contribution < 1.29 is 24.2 Å². The van der Waals surface area contributed by atoms with E-state index in [9.17, 15) is 9.59 Å². The van der Waals surface area contributed by atoms with Crippen molar-refractivity contribution in [3.8, 4) is 11.5 Å². The molecule has 1 N–H and O–H groups in total. The molecule has 0 saturated carbocycles. The minimum absolute atomic E-state index is 0.175. The number of rotatable bonds is 10. The van der Waals surface area contributed by atoms with Gasteiger partial charge in [-0.2, -0.15) is 0 Å². The fraction of sp³-hybridized carbons (Fsp3) is 0.292. The molecule has 0 radical (unpaired) electrons. The van der Waals surface area contributed by atoms with Gasteiger partial charge in [0.05, 0.1) is 17.2 Å². The minimum atomic E-state index is -1.07. The summed E-state index contributed by atoms with van der Waals surface area (Å²) in [5.74, 6) is -0.494. The first-order chi connectivity index (χ1) is 15.4. The molecule has 0 aromatic heterocycles. The average Bonchev–Trinajstić information content (AvgIpc) is 3.05. The molecule has 2 aromatic carbocycles. The summed E-state index contributed by atoms with van der Waals surface area (Å²) in [5.41, 5.74) is 2.72. The number of hydrogen-bond donors (Lipinski definition) is 1. The van der Waals surface area contributed by atoms with Gasteiger partial charge in [0.2, 0.25) is 0 Å². The largest absolute Gasteiger partial charge is 0.490 e. The van der Waals surface area contributed by atoms with E-state index in [0.717, 1.165) is 30.5 Å². The molecule has 0 atom stereocenters. The quantitative estimate of drug-likeness (QED) is 0.372. The van der Waals surface area contributed by atoms with E-state index in [-0.39, 0.29) is 5.91 Å². The van der Waals surface area contributed by atoms with E-state index in [4.69, 9.17) is 26.8 Å². The van der Waals surface area contributed by atoms with Gasteiger partial charge in [0.1, 0.15) is 0 Å². The SMILES string of the molecule is CCCCc1ccc(N2C(=O)/C(=C\c3ccc(OCC(=O)O)c(OCC)c3)SC2=S)cc1. The number of carboxylic acids is 1. The molecule has 1 aliphatic rings. The van der Waals surface area contributed by atoms with Gasteiger partial charge in [-0.3, -0.25) is 9.69 Å². The number of carbonyl (C=O) groups is 2. The van der Waals surface area contributed by atoms with Gasteiger partial charge in [-0.25, -0.2) is 4.79 Å². The molecule has 1 saturated heterocycles. The van der Waals surface area contributed by atoms with Crippen LogP contribution in [0.2, 0.25) is 0 Å². The number of amides is 1. The topological polar surface area (TPSA) is 76.1 Å². The molecule has 32 heavy (non-hydrogen) atoms. The van der Waals surface area contributed by atoms with Crippen molar-refractivity contribution >= 4 is 51.9 Å². The van der Waals surface area contributed by atoms with E-state index < -0.39 is 12.6 Å². The lowest BCUT2D eigenvalue weighted by atomic mass is 10.1. The zero-order valence-electron chi connectivity index (χ0n) is 18.0. The van der Waals surface area contributed by atoms with Crippen molar-refractivity contribution in [2.75, 3.05) is 18.1 Å². The molecule has 8 heteroatoms. The minimum Gasteiger partial charge on any atom is -0.490 e. The van der Waals surface area contributed by atoms with Crippen molar-refractivity contribution in [2.24, 2.45) is 0 Å². The number of unbranched alkanes of at least 4 members (excludes halogenated alkanes) is 1. The summed E-state index contributed by atoms with van der Waals surface area (Å²) in [5, 5.41) is 8.83. The predicted octanol–water partition coefficient (Wildman–Crippen LogP) is 5.30. The van der Waals surface area contributed by atoms with E-state index in [2.05, 4.69) is 6.92 Å². The predicted molar refractivity (Wildman–Crippen MR) is 131 cm³/mol. The molecule has 1 aliphatic heterocycles. The Labute approximate surface area is 197 Å². The molecule has 0 bridgehead atoms. The van der Waals surface area contributed by atoms with Crippen LogP contribution in [-0.4, -0.2) is 34.5 Å². The third kappa shape index (κ3) is 5.89. The number of aliphatic carboxylic acids is 1. The highest BCUT2D eigenvalue weighted by Gasteiger charge is 2.33.